The molecule has 1 heterocycles. The third kappa shape index (κ3) is 6.08. The minimum atomic E-state index is -0.406. The summed E-state index contributed by atoms with van der Waals surface area (Å²) in [6.07, 6.45) is 8.41. The van der Waals surface area contributed by atoms with E-state index >= 15 is 0 Å². The number of nitrogens with zero attached hydrogens (tertiary/aromatic N) is 1. The van der Waals surface area contributed by atoms with Gasteiger partial charge < -0.3 is 20.3 Å². The van der Waals surface area contributed by atoms with Gasteiger partial charge in [0.2, 0.25) is 5.91 Å². The van der Waals surface area contributed by atoms with Crippen molar-refractivity contribution >= 4 is 35.0 Å². The molecule has 0 atom stereocenters. The van der Waals surface area contributed by atoms with Gasteiger partial charge in [0.15, 0.2) is 0 Å². The van der Waals surface area contributed by atoms with Gasteiger partial charge in [0.1, 0.15) is 0 Å². The molecule has 0 spiro atoms. The van der Waals surface area contributed by atoms with Crippen LogP contribution in [0.2, 0.25) is 0 Å². The molecule has 2 aliphatic rings. The third-order valence-electron chi connectivity index (χ3n) is 7.42. The highest BCUT2D eigenvalue weighted by atomic mass is 16.5. The summed E-state index contributed by atoms with van der Waals surface area (Å²) >= 11 is 0. The fourth-order valence-electron chi connectivity index (χ4n) is 5.30. The Hall–Kier alpha value is -4.06. The largest absolute Gasteiger partial charge is 0.466 e. The Labute approximate surface area is 224 Å². The molecule has 1 saturated carbocycles. The smallest absolute Gasteiger partial charge is 0.330 e. The average molecular weight is 510 g/mol. The van der Waals surface area contributed by atoms with Crippen molar-refractivity contribution in [2.24, 2.45) is 5.92 Å². The minimum absolute atomic E-state index is 0.0499. The Bertz CT molecular complexity index is 1310. The van der Waals surface area contributed by atoms with Crippen LogP contribution in [0.15, 0.2) is 72.8 Å². The van der Waals surface area contributed by atoms with Crippen LogP contribution in [0, 0.1) is 5.92 Å². The summed E-state index contributed by atoms with van der Waals surface area (Å²) in [6, 6.07) is 22.7. The van der Waals surface area contributed by atoms with E-state index in [0.717, 1.165) is 78.1 Å². The second kappa shape index (κ2) is 12.0. The van der Waals surface area contributed by atoms with Gasteiger partial charge in [-0.05, 0) is 65.4 Å². The molecule has 2 N–H and O–H groups in total. The van der Waals surface area contributed by atoms with Crippen LogP contribution in [0.4, 0.5) is 17.1 Å². The summed E-state index contributed by atoms with van der Waals surface area (Å²) in [5, 5.41) is 6.88. The Morgan fingerprint density at radius 3 is 2.39 bits per heavy atom. The van der Waals surface area contributed by atoms with E-state index in [2.05, 4.69) is 53.1 Å². The first-order chi connectivity index (χ1) is 18.6. The van der Waals surface area contributed by atoms with E-state index in [4.69, 9.17) is 4.74 Å². The number of rotatable bonds is 7. The number of anilines is 3. The summed E-state index contributed by atoms with van der Waals surface area (Å²) in [6.45, 7) is 2.34. The maximum atomic E-state index is 13.8. The number of nitrogens with one attached hydrogen (secondary N) is 2. The van der Waals surface area contributed by atoms with Crippen LogP contribution >= 0.6 is 0 Å². The predicted octanol–water partition coefficient (Wildman–Crippen LogP) is 6.49. The van der Waals surface area contributed by atoms with E-state index in [1.165, 1.54) is 19.6 Å². The zero-order chi connectivity index (χ0) is 26.3. The highest BCUT2D eigenvalue weighted by Gasteiger charge is 2.27. The van der Waals surface area contributed by atoms with Crippen LogP contribution < -0.4 is 15.5 Å². The van der Waals surface area contributed by atoms with Crippen molar-refractivity contribution in [2.45, 2.75) is 38.6 Å². The molecule has 196 valence electrons. The number of carbonyl (C=O) groups excluding carboxylic acids is 2. The van der Waals surface area contributed by atoms with Gasteiger partial charge in [-0.1, -0.05) is 61.7 Å². The first kappa shape index (κ1) is 25.6. The van der Waals surface area contributed by atoms with Crippen molar-refractivity contribution in [1.82, 2.24) is 0 Å². The molecule has 38 heavy (non-hydrogen) atoms. The summed E-state index contributed by atoms with van der Waals surface area (Å²) < 4.78 is 4.72. The zero-order valence-electron chi connectivity index (χ0n) is 21.9. The Morgan fingerprint density at radius 1 is 0.895 bits per heavy atom. The number of benzene rings is 3. The van der Waals surface area contributed by atoms with E-state index in [1.54, 1.807) is 6.08 Å². The van der Waals surface area contributed by atoms with Crippen molar-refractivity contribution in [3.8, 4) is 11.1 Å². The van der Waals surface area contributed by atoms with Gasteiger partial charge in [0.05, 0.1) is 25.0 Å². The molecule has 1 amide bonds. The first-order valence-electron chi connectivity index (χ1n) is 13.5. The predicted molar refractivity (Wildman–Crippen MR) is 154 cm³/mol. The molecule has 0 aromatic heterocycles. The minimum Gasteiger partial charge on any atom is -0.466 e. The first-order valence-corrected chi connectivity index (χ1v) is 13.5. The van der Waals surface area contributed by atoms with Gasteiger partial charge in [0, 0.05) is 30.8 Å². The van der Waals surface area contributed by atoms with Gasteiger partial charge >= 0.3 is 5.97 Å². The van der Waals surface area contributed by atoms with Crippen molar-refractivity contribution in [3.05, 3.63) is 83.9 Å². The van der Waals surface area contributed by atoms with Crippen LogP contribution in [0.3, 0.4) is 0 Å². The standard InChI is InChI=1S/C32H35N3O3/c1-38-31(36)17-12-23-6-5-9-28(20-23)35(32(37)26-7-3-2-4-8-26)22-24-10-13-25(14-11-24)27-15-16-29-30(21-27)34-19-18-33-29/h5-6,9-17,20-21,26,33-34H,2-4,7-8,18-19,22H2,1H3. The molecule has 3 aromatic carbocycles. The van der Waals surface area contributed by atoms with Crippen molar-refractivity contribution in [1.29, 1.82) is 0 Å². The van der Waals surface area contributed by atoms with Crippen LogP contribution in [-0.2, 0) is 20.9 Å². The fraction of sp³-hybridized carbons (Fsp3) is 0.312. The van der Waals surface area contributed by atoms with Crippen LogP contribution in [0.5, 0.6) is 0 Å². The van der Waals surface area contributed by atoms with Gasteiger partial charge in [0.25, 0.3) is 0 Å². The van der Waals surface area contributed by atoms with E-state index < -0.39 is 5.97 Å². The van der Waals surface area contributed by atoms with Crippen LogP contribution in [0.1, 0.15) is 43.2 Å². The lowest BCUT2D eigenvalue weighted by molar-refractivity contribution is -0.134. The van der Waals surface area contributed by atoms with Crippen molar-refractivity contribution in [2.75, 3.05) is 35.7 Å². The lowest BCUT2D eigenvalue weighted by atomic mass is 9.88. The number of esters is 1. The molecule has 5 rings (SSSR count). The second-order valence-electron chi connectivity index (χ2n) is 10.0. The Balaban J connectivity index is 1.39. The van der Waals surface area contributed by atoms with E-state index in [0.29, 0.717) is 6.54 Å². The summed E-state index contributed by atoms with van der Waals surface area (Å²) in [5.41, 5.74) is 7.33. The number of hydrogen-bond donors (Lipinski definition) is 2. The second-order valence-corrected chi connectivity index (χ2v) is 10.0. The van der Waals surface area contributed by atoms with E-state index in [9.17, 15) is 9.59 Å². The van der Waals surface area contributed by atoms with Gasteiger partial charge in [-0.3, -0.25) is 4.79 Å². The molecule has 3 aromatic rings. The Kier molecular flexibility index (Phi) is 8.07. The molecule has 0 unspecified atom stereocenters. The molecule has 0 radical (unpaired) electrons. The molecule has 1 aliphatic heterocycles. The number of fused-ring (bicyclic) bond motifs is 1. The van der Waals surface area contributed by atoms with Crippen LogP contribution in [-0.4, -0.2) is 32.1 Å². The maximum Gasteiger partial charge on any atom is 0.330 e. The number of amides is 1. The van der Waals surface area contributed by atoms with Crippen LogP contribution in [0.25, 0.3) is 17.2 Å². The number of hydrogen-bond acceptors (Lipinski definition) is 5. The molecular formula is C32H35N3O3. The van der Waals surface area contributed by atoms with Gasteiger partial charge in [-0.25, -0.2) is 4.79 Å². The normalized spacial score (nSPS) is 15.3. The molecule has 1 fully saturated rings. The summed E-state index contributed by atoms with van der Waals surface area (Å²) in [7, 11) is 1.36. The molecule has 0 saturated heterocycles. The fourth-order valence-corrected chi connectivity index (χ4v) is 5.30. The van der Waals surface area contributed by atoms with Crippen molar-refractivity contribution in [3.63, 3.8) is 0 Å². The monoisotopic (exact) mass is 509 g/mol. The molecular weight excluding hydrogens is 474 g/mol. The molecule has 1 aliphatic carbocycles. The van der Waals surface area contributed by atoms with Gasteiger partial charge in [-0.2, -0.15) is 0 Å². The zero-order valence-corrected chi connectivity index (χ0v) is 21.9. The topological polar surface area (TPSA) is 70.7 Å². The third-order valence-corrected chi connectivity index (χ3v) is 7.42. The molecule has 6 nitrogen and oxygen atoms in total. The quantitative estimate of drug-likeness (QED) is 0.281. The maximum absolute atomic E-state index is 13.8. The lowest BCUT2D eigenvalue weighted by Gasteiger charge is -2.30. The average Bonchev–Trinajstić information content (AvgIpc) is 2.99. The van der Waals surface area contributed by atoms with E-state index in [1.807, 2.05) is 29.2 Å². The molecule has 6 heteroatoms. The number of methoxy groups -OCH3 is 1. The summed E-state index contributed by atoms with van der Waals surface area (Å²) in [4.78, 5) is 27.3. The SMILES string of the molecule is COC(=O)C=Cc1cccc(N(Cc2ccc(-c3ccc4c(c3)NCCN4)cc2)C(=O)C2CCCCC2)c1. The number of carbonyl (C=O) groups is 2. The highest BCUT2D eigenvalue weighted by molar-refractivity contribution is 5.95. The number of ether oxygens (including phenoxy) is 1. The highest BCUT2D eigenvalue weighted by Crippen LogP contribution is 2.32. The van der Waals surface area contributed by atoms with Crippen molar-refractivity contribution < 1.29 is 14.3 Å². The van der Waals surface area contributed by atoms with Gasteiger partial charge in [-0.15, -0.1) is 0 Å². The Morgan fingerprint density at radius 2 is 1.63 bits per heavy atom. The summed E-state index contributed by atoms with van der Waals surface area (Å²) in [5.74, 6) is -0.179. The lowest BCUT2D eigenvalue weighted by Crippen LogP contribution is -2.36. The molecule has 0 bridgehead atoms. The van der Waals surface area contributed by atoms with E-state index in [-0.39, 0.29) is 11.8 Å².